The molecule has 4 heteroatoms. The molecule has 0 aliphatic rings. The Morgan fingerprint density at radius 2 is 1.60 bits per heavy atom. The Hall–Kier alpha value is -1.58. The van der Waals surface area contributed by atoms with E-state index in [-0.39, 0.29) is 0 Å². The zero-order valence-corrected chi connectivity index (χ0v) is 13.8. The molecule has 2 rings (SSSR count). The topological polar surface area (TPSA) is 35.6 Å². The fraction of sp³-hybridized carbons (Fsp3) is 0.625. The Morgan fingerprint density at radius 1 is 0.950 bits per heavy atom. The van der Waals surface area contributed by atoms with Gasteiger partial charge in [-0.25, -0.2) is 0 Å². The maximum Gasteiger partial charge on any atom is 0.0650 e. The number of nitrogens with zero attached hydrogens (tertiary/aromatic N) is 4. The van der Waals surface area contributed by atoms with Crippen LogP contribution in [0.15, 0.2) is 24.5 Å². The Morgan fingerprint density at radius 3 is 1.85 bits per heavy atom. The molecule has 0 unspecified atom stereocenters. The molecule has 0 atom stereocenters. The van der Waals surface area contributed by atoms with Crippen molar-refractivity contribution in [3.8, 4) is 0 Å². The highest BCUT2D eigenvalue weighted by molar-refractivity contribution is 5.04. The van der Waals surface area contributed by atoms with E-state index in [1.165, 1.54) is 11.4 Å². The highest BCUT2D eigenvalue weighted by Crippen LogP contribution is 2.12. The lowest BCUT2D eigenvalue weighted by Gasteiger charge is -2.04. The first-order valence-electron chi connectivity index (χ1n) is 7.35. The van der Waals surface area contributed by atoms with Gasteiger partial charge in [0.1, 0.15) is 0 Å². The van der Waals surface area contributed by atoms with Gasteiger partial charge in [0.15, 0.2) is 0 Å². The number of aromatic nitrogens is 4. The van der Waals surface area contributed by atoms with Crippen LogP contribution in [0.1, 0.15) is 70.8 Å². The lowest BCUT2D eigenvalue weighted by molar-refractivity contribution is 0.523. The Bertz CT molecular complexity index is 484. The van der Waals surface area contributed by atoms with Crippen molar-refractivity contribution in [1.29, 1.82) is 0 Å². The molecule has 0 bridgehead atoms. The Kier molecular flexibility index (Phi) is 5.99. The third kappa shape index (κ3) is 4.51. The van der Waals surface area contributed by atoms with Gasteiger partial charge in [0, 0.05) is 31.2 Å². The molecule has 0 radical (unpaired) electrons. The van der Waals surface area contributed by atoms with Crippen LogP contribution in [0.3, 0.4) is 0 Å². The standard InChI is InChI=1S/C9H16N2.C7H12N2/c1-7(2)9-5-6-11(10-9)8(3)4;1-6(2)7-4-5-8-9(7)3/h5-8H,1-4H3;4-6H,1-3H3. The van der Waals surface area contributed by atoms with E-state index >= 15 is 0 Å². The van der Waals surface area contributed by atoms with Crippen molar-refractivity contribution < 1.29 is 0 Å². The zero-order valence-electron chi connectivity index (χ0n) is 13.8. The van der Waals surface area contributed by atoms with Crippen molar-refractivity contribution >= 4 is 0 Å². The predicted octanol–water partition coefficient (Wildman–Crippen LogP) is 4.13. The van der Waals surface area contributed by atoms with Gasteiger partial charge in [-0.05, 0) is 37.8 Å². The SMILES string of the molecule is CC(C)c1ccn(C(C)C)n1.CC(C)c1ccnn1C. The van der Waals surface area contributed by atoms with Gasteiger partial charge in [0.25, 0.3) is 0 Å². The average molecular weight is 276 g/mol. The number of hydrogen-bond donors (Lipinski definition) is 0. The third-order valence-electron chi connectivity index (χ3n) is 3.20. The predicted molar refractivity (Wildman–Crippen MR) is 84.0 cm³/mol. The van der Waals surface area contributed by atoms with E-state index in [0.717, 1.165) is 0 Å². The summed E-state index contributed by atoms with van der Waals surface area (Å²) < 4.78 is 3.90. The molecular formula is C16H28N4. The molecule has 112 valence electrons. The summed E-state index contributed by atoms with van der Waals surface area (Å²) in [5.41, 5.74) is 2.47. The summed E-state index contributed by atoms with van der Waals surface area (Å²) in [6.07, 6.45) is 3.87. The molecular weight excluding hydrogens is 248 g/mol. The van der Waals surface area contributed by atoms with Crippen molar-refractivity contribution in [2.24, 2.45) is 7.05 Å². The first kappa shape index (κ1) is 16.5. The second kappa shape index (κ2) is 7.27. The van der Waals surface area contributed by atoms with Crippen LogP contribution >= 0.6 is 0 Å². The van der Waals surface area contributed by atoms with Crippen LogP contribution in [0.25, 0.3) is 0 Å². The largest absolute Gasteiger partial charge is 0.272 e. The summed E-state index contributed by atoms with van der Waals surface area (Å²) in [6.45, 7) is 12.9. The van der Waals surface area contributed by atoms with Gasteiger partial charge in [-0.2, -0.15) is 10.2 Å². The fourth-order valence-corrected chi connectivity index (χ4v) is 1.90. The van der Waals surface area contributed by atoms with Crippen molar-refractivity contribution in [3.63, 3.8) is 0 Å². The van der Waals surface area contributed by atoms with E-state index in [9.17, 15) is 0 Å². The van der Waals surface area contributed by atoms with Crippen LogP contribution < -0.4 is 0 Å². The zero-order chi connectivity index (χ0) is 15.3. The van der Waals surface area contributed by atoms with Crippen LogP contribution in [0, 0.1) is 0 Å². The van der Waals surface area contributed by atoms with Gasteiger partial charge in [-0.15, -0.1) is 0 Å². The lowest BCUT2D eigenvalue weighted by Crippen LogP contribution is -2.02. The first-order chi connectivity index (χ1) is 9.32. The summed E-state index contributed by atoms with van der Waals surface area (Å²) in [5.74, 6) is 1.12. The highest BCUT2D eigenvalue weighted by atomic mass is 15.3. The van der Waals surface area contributed by atoms with Crippen LogP contribution in [-0.2, 0) is 7.05 Å². The Labute approximate surface area is 122 Å². The minimum atomic E-state index is 0.475. The smallest absolute Gasteiger partial charge is 0.0650 e. The minimum Gasteiger partial charge on any atom is -0.272 e. The van der Waals surface area contributed by atoms with Gasteiger partial charge < -0.3 is 0 Å². The van der Waals surface area contributed by atoms with Crippen LogP contribution in [0.4, 0.5) is 0 Å². The highest BCUT2D eigenvalue weighted by Gasteiger charge is 2.04. The number of rotatable bonds is 3. The Balaban J connectivity index is 0.000000204. The quantitative estimate of drug-likeness (QED) is 0.845. The second-order valence-corrected chi connectivity index (χ2v) is 6.00. The van der Waals surface area contributed by atoms with Crippen LogP contribution in [0.5, 0.6) is 0 Å². The maximum absolute atomic E-state index is 4.43. The summed E-state index contributed by atoms with van der Waals surface area (Å²) in [7, 11) is 1.97. The summed E-state index contributed by atoms with van der Waals surface area (Å²) in [4.78, 5) is 0. The van der Waals surface area contributed by atoms with E-state index in [4.69, 9.17) is 0 Å². The van der Waals surface area contributed by atoms with Gasteiger partial charge in [-0.1, -0.05) is 27.7 Å². The van der Waals surface area contributed by atoms with Gasteiger partial charge in [0.2, 0.25) is 0 Å². The number of hydrogen-bond acceptors (Lipinski definition) is 2. The van der Waals surface area contributed by atoms with E-state index in [1.807, 2.05) is 34.9 Å². The van der Waals surface area contributed by atoms with Crippen molar-refractivity contribution in [2.45, 2.75) is 59.4 Å². The molecule has 0 aliphatic carbocycles. The van der Waals surface area contributed by atoms with E-state index in [0.29, 0.717) is 17.9 Å². The van der Waals surface area contributed by atoms with E-state index < -0.39 is 0 Å². The van der Waals surface area contributed by atoms with Crippen LogP contribution in [-0.4, -0.2) is 19.6 Å². The first-order valence-corrected chi connectivity index (χ1v) is 7.35. The van der Waals surface area contributed by atoms with Gasteiger partial charge in [-0.3, -0.25) is 9.36 Å². The molecule has 0 N–H and O–H groups in total. The fourth-order valence-electron chi connectivity index (χ4n) is 1.90. The van der Waals surface area contributed by atoms with E-state index in [1.54, 1.807) is 0 Å². The van der Waals surface area contributed by atoms with E-state index in [2.05, 4.69) is 57.8 Å². The third-order valence-corrected chi connectivity index (χ3v) is 3.20. The molecule has 0 spiro atoms. The summed E-state index contributed by atoms with van der Waals surface area (Å²) >= 11 is 0. The number of aryl methyl sites for hydroxylation is 1. The molecule has 2 aromatic heterocycles. The molecule has 4 nitrogen and oxygen atoms in total. The molecule has 0 amide bonds. The van der Waals surface area contributed by atoms with Crippen molar-refractivity contribution in [1.82, 2.24) is 19.6 Å². The monoisotopic (exact) mass is 276 g/mol. The molecule has 0 saturated carbocycles. The maximum atomic E-state index is 4.43. The molecule has 0 aromatic carbocycles. The minimum absolute atomic E-state index is 0.475. The normalized spacial score (nSPS) is 11.1. The van der Waals surface area contributed by atoms with Crippen molar-refractivity contribution in [3.05, 3.63) is 35.9 Å². The lowest BCUT2D eigenvalue weighted by atomic mass is 10.1. The molecule has 0 saturated heterocycles. The molecule has 2 heterocycles. The summed E-state index contributed by atoms with van der Waals surface area (Å²) in [6, 6.07) is 4.61. The summed E-state index contributed by atoms with van der Waals surface area (Å²) in [5, 5.41) is 8.48. The molecule has 0 fully saturated rings. The molecule has 2 aromatic rings. The molecule has 0 aliphatic heterocycles. The van der Waals surface area contributed by atoms with Crippen molar-refractivity contribution in [2.75, 3.05) is 0 Å². The average Bonchev–Trinajstić information content (AvgIpc) is 2.97. The van der Waals surface area contributed by atoms with Gasteiger partial charge >= 0.3 is 0 Å². The van der Waals surface area contributed by atoms with Gasteiger partial charge in [0.05, 0.1) is 5.69 Å². The van der Waals surface area contributed by atoms with Crippen LogP contribution in [0.2, 0.25) is 0 Å². The second-order valence-electron chi connectivity index (χ2n) is 6.00. The molecule has 20 heavy (non-hydrogen) atoms.